The summed E-state index contributed by atoms with van der Waals surface area (Å²) in [5, 5.41) is 0. The normalized spacial score (nSPS) is 10.1. The zero-order valence-corrected chi connectivity index (χ0v) is 23.8. The number of benzene rings is 4. The molecule has 0 atom stereocenters. The van der Waals surface area contributed by atoms with E-state index in [1.807, 2.05) is 64.1 Å². The van der Waals surface area contributed by atoms with Gasteiger partial charge in [-0.3, -0.25) is 4.79 Å². The van der Waals surface area contributed by atoms with Gasteiger partial charge >= 0.3 is 0 Å². The lowest BCUT2D eigenvalue weighted by molar-refractivity contribution is 0.103. The van der Waals surface area contributed by atoms with Crippen LogP contribution in [-0.2, 0) is 0 Å². The van der Waals surface area contributed by atoms with Crippen LogP contribution in [0.5, 0.6) is 0 Å². The molecule has 0 fully saturated rings. The van der Waals surface area contributed by atoms with Gasteiger partial charge in [0, 0.05) is 11.1 Å². The number of hydrogen-bond acceptors (Lipinski definition) is 1. The van der Waals surface area contributed by atoms with Crippen molar-refractivity contribution in [2.24, 2.45) is 0 Å². The van der Waals surface area contributed by atoms with Crippen molar-refractivity contribution in [1.82, 2.24) is 0 Å². The van der Waals surface area contributed by atoms with Crippen LogP contribution in [0.15, 0.2) is 72.8 Å². The molecule has 4 aromatic rings. The van der Waals surface area contributed by atoms with Gasteiger partial charge in [-0.25, -0.2) is 0 Å². The summed E-state index contributed by atoms with van der Waals surface area (Å²) in [5.41, 5.74) is 14.4. The van der Waals surface area contributed by atoms with Crippen molar-refractivity contribution in [2.75, 3.05) is 0 Å². The van der Waals surface area contributed by atoms with Crippen LogP contribution in [-0.4, -0.2) is 5.78 Å². The molecule has 36 heavy (non-hydrogen) atoms. The van der Waals surface area contributed by atoms with Crippen LogP contribution >= 0.6 is 0 Å². The van der Waals surface area contributed by atoms with E-state index in [9.17, 15) is 4.79 Å². The van der Waals surface area contributed by atoms with Gasteiger partial charge in [-0.15, -0.1) is 0 Å². The number of carbonyl (C=O) groups excluding carboxylic acids is 1. The Morgan fingerprint density at radius 2 is 0.917 bits per heavy atom. The predicted octanol–water partition coefficient (Wildman–Crippen LogP) is 9.76. The van der Waals surface area contributed by atoms with Crippen molar-refractivity contribution >= 4 is 5.78 Å². The van der Waals surface area contributed by atoms with Crippen LogP contribution in [0.4, 0.5) is 0 Å². The fourth-order valence-electron chi connectivity index (χ4n) is 3.90. The van der Waals surface area contributed by atoms with E-state index in [4.69, 9.17) is 0 Å². The first-order valence-corrected chi connectivity index (χ1v) is 12.9. The summed E-state index contributed by atoms with van der Waals surface area (Å²) in [6.07, 6.45) is 0. The van der Waals surface area contributed by atoms with Gasteiger partial charge in [-0.1, -0.05) is 74.5 Å². The molecule has 0 bridgehead atoms. The average Bonchev–Trinajstić information content (AvgIpc) is 2.87. The highest BCUT2D eigenvalue weighted by Crippen LogP contribution is 2.27. The highest BCUT2D eigenvalue weighted by atomic mass is 16.1. The molecule has 0 heterocycles. The molecule has 0 aromatic heterocycles. The second kappa shape index (κ2) is 13.0. The predicted molar refractivity (Wildman–Crippen MR) is 157 cm³/mol. The molecule has 0 N–H and O–H groups in total. The molecule has 0 aliphatic rings. The van der Waals surface area contributed by atoms with E-state index in [1.165, 1.54) is 44.5 Å². The topological polar surface area (TPSA) is 17.1 Å². The third-order valence-electron chi connectivity index (χ3n) is 6.96. The van der Waals surface area contributed by atoms with Gasteiger partial charge in [0.2, 0.25) is 0 Å². The maximum atomic E-state index is 12.4. The van der Waals surface area contributed by atoms with E-state index in [2.05, 4.69) is 77.9 Å². The van der Waals surface area contributed by atoms with Crippen molar-refractivity contribution in [3.63, 3.8) is 0 Å². The zero-order chi connectivity index (χ0) is 27.0. The van der Waals surface area contributed by atoms with Gasteiger partial charge in [-0.2, -0.15) is 0 Å². The molecule has 0 aliphatic carbocycles. The Bertz CT molecular complexity index is 1290. The van der Waals surface area contributed by atoms with Gasteiger partial charge in [0.1, 0.15) is 0 Å². The summed E-state index contributed by atoms with van der Waals surface area (Å²) in [4.78, 5) is 12.4. The van der Waals surface area contributed by atoms with Crippen LogP contribution in [0.2, 0.25) is 0 Å². The minimum Gasteiger partial charge on any atom is -0.289 e. The highest BCUT2D eigenvalue weighted by molar-refractivity contribution is 6.09. The Balaban J connectivity index is 0.000000239. The lowest BCUT2D eigenvalue weighted by Gasteiger charge is -2.10. The van der Waals surface area contributed by atoms with Crippen LogP contribution in [0.1, 0.15) is 74.3 Å². The first-order valence-electron chi connectivity index (χ1n) is 12.9. The molecule has 0 unspecified atom stereocenters. The average molecular weight is 479 g/mol. The van der Waals surface area contributed by atoms with Gasteiger partial charge < -0.3 is 0 Å². The largest absolute Gasteiger partial charge is 0.289 e. The highest BCUT2D eigenvalue weighted by Gasteiger charge is 2.10. The molecule has 4 aromatic carbocycles. The fraction of sp³-hybridized carbons (Fsp3) is 0.286. The molecule has 0 radical (unpaired) electrons. The molecule has 0 amide bonds. The Morgan fingerprint density at radius 1 is 0.472 bits per heavy atom. The van der Waals surface area contributed by atoms with E-state index >= 15 is 0 Å². The van der Waals surface area contributed by atoms with Gasteiger partial charge in [-0.05, 0) is 123 Å². The summed E-state index contributed by atoms with van der Waals surface area (Å²) < 4.78 is 0. The van der Waals surface area contributed by atoms with Crippen molar-refractivity contribution in [3.05, 3.63) is 128 Å². The molecule has 188 valence electrons. The molecule has 0 spiro atoms. The van der Waals surface area contributed by atoms with Gasteiger partial charge in [0.15, 0.2) is 5.78 Å². The van der Waals surface area contributed by atoms with Crippen molar-refractivity contribution in [1.29, 1.82) is 0 Å². The molecular formula is C35H42O. The number of carbonyl (C=O) groups is 1. The maximum Gasteiger partial charge on any atom is 0.193 e. The zero-order valence-electron chi connectivity index (χ0n) is 23.8. The summed E-state index contributed by atoms with van der Waals surface area (Å²) >= 11 is 0. The summed E-state index contributed by atoms with van der Waals surface area (Å²) in [6, 6.07) is 24.9. The van der Waals surface area contributed by atoms with E-state index in [-0.39, 0.29) is 5.78 Å². The lowest BCUT2D eigenvalue weighted by atomic mass is 9.95. The Kier molecular flexibility index (Phi) is 10.4. The Hall–Kier alpha value is -3.45. The summed E-state index contributed by atoms with van der Waals surface area (Å²) in [5.74, 6) is 0.0983. The monoisotopic (exact) mass is 478 g/mol. The van der Waals surface area contributed by atoms with E-state index in [0.717, 1.165) is 22.3 Å². The van der Waals surface area contributed by atoms with Crippen LogP contribution < -0.4 is 0 Å². The first kappa shape index (κ1) is 28.8. The van der Waals surface area contributed by atoms with Crippen molar-refractivity contribution < 1.29 is 4.79 Å². The quantitative estimate of drug-likeness (QED) is 0.268. The van der Waals surface area contributed by atoms with Gasteiger partial charge in [0.05, 0.1) is 0 Å². The van der Waals surface area contributed by atoms with Crippen LogP contribution in [0, 0.1) is 55.4 Å². The van der Waals surface area contributed by atoms with Gasteiger partial charge in [0.25, 0.3) is 0 Å². The standard InChI is InChI=1S/C17H18O.C16H18.C2H6/c1-11-5-7-15(9-13(11)3)17(18)16-8-6-12(2)14(4)10-16;1-11-8-9-15(10-13(11)3)16-7-5-6-12(2)14(16)4;1-2/h5-10H,1-4H3;5-10H,1-4H3;1-2H3. The summed E-state index contributed by atoms with van der Waals surface area (Å²) in [7, 11) is 0. The number of aryl methyl sites for hydroxylation is 7. The lowest BCUT2D eigenvalue weighted by Crippen LogP contribution is -2.03. The number of hydrogen-bond donors (Lipinski definition) is 0. The smallest absolute Gasteiger partial charge is 0.193 e. The van der Waals surface area contributed by atoms with Crippen LogP contribution in [0.25, 0.3) is 11.1 Å². The summed E-state index contributed by atoms with van der Waals surface area (Å²) in [6.45, 7) is 20.9. The van der Waals surface area contributed by atoms with Crippen LogP contribution in [0.3, 0.4) is 0 Å². The third-order valence-corrected chi connectivity index (χ3v) is 6.96. The second-order valence-corrected chi connectivity index (χ2v) is 9.47. The minimum absolute atomic E-state index is 0.0983. The van der Waals surface area contributed by atoms with Crippen molar-refractivity contribution in [2.45, 2.75) is 69.2 Å². The number of ketones is 1. The molecule has 0 saturated heterocycles. The second-order valence-electron chi connectivity index (χ2n) is 9.47. The Morgan fingerprint density at radius 3 is 1.36 bits per heavy atom. The Labute approximate surface area is 219 Å². The molecule has 0 saturated carbocycles. The molecule has 1 nitrogen and oxygen atoms in total. The first-order chi connectivity index (χ1) is 17.1. The molecule has 1 heteroatoms. The molecule has 4 rings (SSSR count). The molecular weight excluding hydrogens is 436 g/mol. The van der Waals surface area contributed by atoms with E-state index < -0.39 is 0 Å². The minimum atomic E-state index is 0.0983. The van der Waals surface area contributed by atoms with Crippen molar-refractivity contribution in [3.8, 4) is 11.1 Å². The van der Waals surface area contributed by atoms with E-state index in [1.54, 1.807) is 0 Å². The molecule has 0 aliphatic heterocycles. The van der Waals surface area contributed by atoms with E-state index in [0.29, 0.717) is 0 Å². The maximum absolute atomic E-state index is 12.4. The number of rotatable bonds is 3. The SMILES string of the molecule is CC.Cc1ccc(-c2cccc(C)c2C)cc1C.Cc1ccc(C(=O)c2ccc(C)c(C)c2)cc1C. The fourth-order valence-corrected chi connectivity index (χ4v) is 3.90. The third kappa shape index (κ3) is 7.04.